The van der Waals surface area contributed by atoms with Crippen LogP contribution in [0, 0.1) is 5.92 Å². The maximum absolute atomic E-state index is 13.0. The number of esters is 1. The molecule has 1 saturated heterocycles. The zero-order chi connectivity index (χ0) is 21.9. The molecule has 1 aliphatic heterocycles. The molecule has 2 N–H and O–H groups in total. The number of nitrogens with two attached hydrogens (primary N) is 1. The number of amides is 1. The molecule has 2 heterocycles. The molecule has 1 aliphatic rings. The molecule has 0 spiro atoms. The topological polar surface area (TPSA) is 108 Å². The minimum atomic E-state index is -4.93. The van der Waals surface area contributed by atoms with Gasteiger partial charge in [0.1, 0.15) is 17.0 Å². The number of halogens is 3. The van der Waals surface area contributed by atoms with E-state index in [1.165, 1.54) is 23.1 Å². The van der Waals surface area contributed by atoms with E-state index in [9.17, 15) is 22.8 Å². The van der Waals surface area contributed by atoms with Crippen LogP contribution < -0.4 is 10.5 Å². The number of nitrogen functional groups attached to an aromatic ring is 1. The van der Waals surface area contributed by atoms with Gasteiger partial charge in [0.2, 0.25) is 5.88 Å². The van der Waals surface area contributed by atoms with Crippen molar-refractivity contribution in [1.29, 1.82) is 0 Å². The van der Waals surface area contributed by atoms with Gasteiger partial charge in [-0.15, -0.1) is 13.2 Å². The smallest absolute Gasteiger partial charge is 0.466 e. The number of benzene rings is 1. The van der Waals surface area contributed by atoms with E-state index in [-0.39, 0.29) is 54.3 Å². The number of para-hydroxylation sites is 1. The van der Waals surface area contributed by atoms with E-state index >= 15 is 0 Å². The van der Waals surface area contributed by atoms with Crippen LogP contribution in [0.15, 0.2) is 28.8 Å². The van der Waals surface area contributed by atoms with Gasteiger partial charge in [0.15, 0.2) is 0 Å². The first kappa shape index (κ1) is 21.5. The number of hydrogen-bond donors (Lipinski definition) is 1. The fourth-order valence-corrected chi connectivity index (χ4v) is 3.31. The summed E-state index contributed by atoms with van der Waals surface area (Å²) in [6.45, 7) is 2.51. The predicted octanol–water partition coefficient (Wildman–Crippen LogP) is 3.24. The fourth-order valence-electron chi connectivity index (χ4n) is 3.31. The highest BCUT2D eigenvalue weighted by Crippen LogP contribution is 2.37. The molecule has 2 aromatic rings. The summed E-state index contributed by atoms with van der Waals surface area (Å²) in [7, 11) is 0. The maximum Gasteiger partial charge on any atom is 0.573 e. The standard InChI is InChI=1S/C19H20F3N3O5/c1-2-28-18(27)11-7-9-25(10-8-11)17(26)14-15(24-30-16(14)23)12-5-3-4-6-13(12)29-19(20,21)22/h3-6,11H,2,7-10,23H2,1H3. The SMILES string of the molecule is CCOC(=O)C1CCN(C(=O)c2c(-c3ccccc3OC(F)(F)F)noc2N)CC1. The van der Waals surface area contributed by atoms with Crippen LogP contribution in [0.2, 0.25) is 0 Å². The molecule has 0 atom stereocenters. The zero-order valence-electron chi connectivity index (χ0n) is 16.1. The summed E-state index contributed by atoms with van der Waals surface area (Å²) in [5, 5.41) is 3.69. The van der Waals surface area contributed by atoms with Crippen LogP contribution in [-0.4, -0.2) is 48.0 Å². The van der Waals surface area contributed by atoms with Crippen molar-refractivity contribution >= 4 is 17.8 Å². The summed E-state index contributed by atoms with van der Waals surface area (Å²) in [4.78, 5) is 26.4. The second kappa shape index (κ2) is 8.64. The lowest BCUT2D eigenvalue weighted by atomic mass is 9.96. The first-order chi connectivity index (χ1) is 14.2. The number of likely N-dealkylation sites (tertiary alicyclic amines) is 1. The quantitative estimate of drug-likeness (QED) is 0.730. The van der Waals surface area contributed by atoms with E-state index in [1.807, 2.05) is 0 Å². The molecule has 11 heteroatoms. The monoisotopic (exact) mass is 427 g/mol. The molecular weight excluding hydrogens is 407 g/mol. The highest BCUT2D eigenvalue weighted by atomic mass is 19.4. The van der Waals surface area contributed by atoms with Crippen molar-refractivity contribution in [3.05, 3.63) is 29.8 Å². The molecular formula is C19H20F3N3O5. The molecule has 1 aromatic carbocycles. The molecule has 0 radical (unpaired) electrons. The Bertz CT molecular complexity index is 920. The van der Waals surface area contributed by atoms with Crippen molar-refractivity contribution in [1.82, 2.24) is 10.1 Å². The number of rotatable bonds is 5. The van der Waals surface area contributed by atoms with Gasteiger partial charge in [-0.25, -0.2) is 0 Å². The molecule has 1 aromatic heterocycles. The molecule has 0 unspecified atom stereocenters. The molecule has 8 nitrogen and oxygen atoms in total. The number of aromatic nitrogens is 1. The number of nitrogens with zero attached hydrogens (tertiary/aromatic N) is 2. The highest BCUT2D eigenvalue weighted by molar-refractivity contribution is 6.04. The molecule has 0 saturated carbocycles. The first-order valence-corrected chi connectivity index (χ1v) is 9.27. The number of carbonyl (C=O) groups excluding carboxylic acids is 2. The van der Waals surface area contributed by atoms with Gasteiger partial charge in [0.05, 0.1) is 12.5 Å². The van der Waals surface area contributed by atoms with Gasteiger partial charge in [-0.3, -0.25) is 9.59 Å². The Labute approximate surface area is 169 Å². The Kier molecular flexibility index (Phi) is 6.18. The molecule has 162 valence electrons. The Morgan fingerprint density at radius 1 is 1.27 bits per heavy atom. The maximum atomic E-state index is 13.0. The van der Waals surface area contributed by atoms with Crippen LogP contribution in [0.5, 0.6) is 5.75 Å². The van der Waals surface area contributed by atoms with E-state index in [2.05, 4.69) is 9.89 Å². The third-order valence-corrected chi connectivity index (χ3v) is 4.70. The van der Waals surface area contributed by atoms with Crippen molar-refractivity contribution in [2.24, 2.45) is 5.92 Å². The largest absolute Gasteiger partial charge is 0.573 e. The van der Waals surface area contributed by atoms with E-state index in [0.29, 0.717) is 12.8 Å². The summed E-state index contributed by atoms with van der Waals surface area (Å²) in [6.07, 6.45) is -4.12. The van der Waals surface area contributed by atoms with Crippen molar-refractivity contribution in [3.63, 3.8) is 0 Å². The van der Waals surface area contributed by atoms with Gasteiger partial charge >= 0.3 is 12.3 Å². The van der Waals surface area contributed by atoms with Crippen molar-refractivity contribution in [2.45, 2.75) is 26.1 Å². The molecule has 1 fully saturated rings. The van der Waals surface area contributed by atoms with E-state index < -0.39 is 18.0 Å². The van der Waals surface area contributed by atoms with Crippen LogP contribution in [0.1, 0.15) is 30.1 Å². The van der Waals surface area contributed by atoms with Crippen LogP contribution in [0.4, 0.5) is 19.1 Å². The van der Waals surface area contributed by atoms with Crippen LogP contribution in [0.25, 0.3) is 11.3 Å². The molecule has 0 bridgehead atoms. The van der Waals surface area contributed by atoms with Gasteiger partial charge < -0.3 is 24.6 Å². The summed E-state index contributed by atoms with van der Waals surface area (Å²) in [5.41, 5.74) is 5.38. The van der Waals surface area contributed by atoms with Gasteiger partial charge in [-0.05, 0) is 31.9 Å². The van der Waals surface area contributed by atoms with Crippen molar-refractivity contribution in [3.8, 4) is 17.0 Å². The molecule has 0 aliphatic carbocycles. The van der Waals surface area contributed by atoms with E-state index in [0.717, 1.165) is 6.07 Å². The number of carbonyl (C=O) groups is 2. The van der Waals surface area contributed by atoms with E-state index in [4.69, 9.17) is 15.0 Å². The molecule has 1 amide bonds. The number of piperidine rings is 1. The van der Waals surface area contributed by atoms with Gasteiger partial charge in [0, 0.05) is 18.7 Å². The summed E-state index contributed by atoms with van der Waals surface area (Å²) < 4.78 is 52.2. The third-order valence-electron chi connectivity index (χ3n) is 4.70. The minimum absolute atomic E-state index is 0.0833. The number of alkyl halides is 3. The summed E-state index contributed by atoms with van der Waals surface area (Å²) >= 11 is 0. The van der Waals surface area contributed by atoms with Crippen molar-refractivity contribution in [2.75, 3.05) is 25.4 Å². The number of anilines is 1. The van der Waals surface area contributed by atoms with Crippen LogP contribution >= 0.6 is 0 Å². The Hall–Kier alpha value is -3.24. The second-order valence-electron chi connectivity index (χ2n) is 6.63. The Morgan fingerprint density at radius 2 is 1.93 bits per heavy atom. The lowest BCUT2D eigenvalue weighted by Gasteiger charge is -2.30. The van der Waals surface area contributed by atoms with Crippen LogP contribution in [0.3, 0.4) is 0 Å². The Balaban J connectivity index is 1.84. The lowest BCUT2D eigenvalue weighted by molar-refractivity contribution is -0.274. The normalized spacial score (nSPS) is 15.1. The average Bonchev–Trinajstić information content (AvgIpc) is 3.08. The van der Waals surface area contributed by atoms with Gasteiger partial charge in [-0.1, -0.05) is 17.3 Å². The fraction of sp³-hybridized carbons (Fsp3) is 0.421. The number of ether oxygens (including phenoxy) is 2. The number of hydrogen-bond acceptors (Lipinski definition) is 7. The first-order valence-electron chi connectivity index (χ1n) is 9.27. The predicted molar refractivity (Wildman–Crippen MR) is 98.3 cm³/mol. The second-order valence-corrected chi connectivity index (χ2v) is 6.63. The van der Waals surface area contributed by atoms with Crippen molar-refractivity contribution < 1.29 is 36.8 Å². The third kappa shape index (κ3) is 4.66. The van der Waals surface area contributed by atoms with Gasteiger partial charge in [-0.2, -0.15) is 0 Å². The van der Waals surface area contributed by atoms with E-state index in [1.54, 1.807) is 6.92 Å². The molecule has 3 rings (SSSR count). The lowest BCUT2D eigenvalue weighted by Crippen LogP contribution is -2.41. The average molecular weight is 427 g/mol. The van der Waals surface area contributed by atoms with Crippen LogP contribution in [-0.2, 0) is 9.53 Å². The summed E-state index contributed by atoms with van der Waals surface area (Å²) in [6, 6.07) is 5.26. The summed E-state index contributed by atoms with van der Waals surface area (Å²) in [5.74, 6) is -2.02. The minimum Gasteiger partial charge on any atom is -0.466 e. The van der Waals surface area contributed by atoms with Gasteiger partial charge in [0.25, 0.3) is 5.91 Å². The zero-order valence-corrected chi connectivity index (χ0v) is 16.1. The highest BCUT2D eigenvalue weighted by Gasteiger charge is 2.35. The Morgan fingerprint density at radius 3 is 2.57 bits per heavy atom. The molecule has 30 heavy (non-hydrogen) atoms.